The quantitative estimate of drug-likeness (QED) is 0.857. The number of carbonyl (C=O) groups excluding carboxylic acids is 1. The Bertz CT molecular complexity index is 475. The van der Waals surface area contributed by atoms with Gasteiger partial charge in [-0.2, -0.15) is 0 Å². The topological polar surface area (TPSA) is 55.3 Å². The molecule has 1 aromatic rings. The number of ether oxygens (including phenoxy) is 1. The van der Waals surface area contributed by atoms with Gasteiger partial charge in [-0.05, 0) is 25.3 Å². The van der Waals surface area contributed by atoms with Gasteiger partial charge in [0, 0.05) is 44.2 Å². The number of piperidine rings is 1. The van der Waals surface area contributed by atoms with Gasteiger partial charge in [0.05, 0.1) is 0 Å². The smallest absolute Gasteiger partial charge is 0.316 e. The summed E-state index contributed by atoms with van der Waals surface area (Å²) in [4.78, 5) is 22.7. The molecule has 0 unspecified atom stereocenters. The van der Waals surface area contributed by atoms with Crippen molar-refractivity contribution in [2.75, 3.05) is 13.1 Å². The summed E-state index contributed by atoms with van der Waals surface area (Å²) in [6, 6.07) is 0.446. The van der Waals surface area contributed by atoms with Gasteiger partial charge in [0.1, 0.15) is 6.10 Å². The molecule has 1 saturated heterocycles. The number of amides is 1. The fourth-order valence-electron chi connectivity index (χ4n) is 3.22. The Morgan fingerprint density at radius 2 is 1.76 bits per heavy atom. The van der Waals surface area contributed by atoms with E-state index in [0.717, 1.165) is 44.3 Å². The van der Waals surface area contributed by atoms with Gasteiger partial charge in [-0.1, -0.05) is 12.8 Å². The molecule has 0 aromatic carbocycles. The van der Waals surface area contributed by atoms with Crippen LogP contribution in [0.25, 0.3) is 0 Å². The maximum Gasteiger partial charge on any atom is 0.316 e. The van der Waals surface area contributed by atoms with Crippen molar-refractivity contribution in [2.24, 2.45) is 5.92 Å². The molecule has 5 heteroatoms. The molecule has 2 aliphatic rings. The third-order valence-corrected chi connectivity index (χ3v) is 4.49. The van der Waals surface area contributed by atoms with Gasteiger partial charge >= 0.3 is 6.01 Å². The molecule has 0 N–H and O–H groups in total. The molecule has 0 atom stereocenters. The third-order valence-electron chi connectivity index (χ3n) is 4.49. The molecule has 21 heavy (non-hydrogen) atoms. The molecule has 2 heterocycles. The molecule has 114 valence electrons. The van der Waals surface area contributed by atoms with Crippen LogP contribution in [0.4, 0.5) is 0 Å². The maximum atomic E-state index is 12.4. The van der Waals surface area contributed by atoms with E-state index in [-0.39, 0.29) is 12.0 Å². The van der Waals surface area contributed by atoms with Crippen molar-refractivity contribution in [3.8, 4) is 6.01 Å². The Kier molecular flexibility index (Phi) is 4.36. The molecular formula is C16H23N3O2. The van der Waals surface area contributed by atoms with Crippen molar-refractivity contribution >= 4 is 5.91 Å². The highest BCUT2D eigenvalue weighted by Crippen LogP contribution is 2.28. The summed E-state index contributed by atoms with van der Waals surface area (Å²) in [5.41, 5.74) is 1.03. The average molecular weight is 289 g/mol. The Labute approximate surface area is 125 Å². The predicted molar refractivity (Wildman–Crippen MR) is 79.0 cm³/mol. The van der Waals surface area contributed by atoms with Gasteiger partial charge in [-0.25, -0.2) is 9.97 Å². The Hall–Kier alpha value is -1.65. The first-order chi connectivity index (χ1) is 10.2. The highest BCUT2D eigenvalue weighted by molar-refractivity contribution is 5.79. The van der Waals surface area contributed by atoms with Gasteiger partial charge in [-0.15, -0.1) is 0 Å². The number of nitrogens with zero attached hydrogens (tertiary/aromatic N) is 3. The zero-order valence-electron chi connectivity index (χ0n) is 12.6. The summed E-state index contributed by atoms with van der Waals surface area (Å²) in [5.74, 6) is 0.639. The highest BCUT2D eigenvalue weighted by atomic mass is 16.5. The average Bonchev–Trinajstić information content (AvgIpc) is 3.04. The summed E-state index contributed by atoms with van der Waals surface area (Å²) < 4.78 is 5.80. The van der Waals surface area contributed by atoms with Crippen LogP contribution in [0, 0.1) is 12.8 Å². The van der Waals surface area contributed by atoms with Crippen molar-refractivity contribution in [3.05, 3.63) is 18.0 Å². The Balaban J connectivity index is 1.48. The first-order valence-electron chi connectivity index (χ1n) is 7.96. The lowest BCUT2D eigenvalue weighted by atomic mass is 10.0. The van der Waals surface area contributed by atoms with Crippen LogP contribution in [0.1, 0.15) is 44.1 Å². The molecular weight excluding hydrogens is 266 g/mol. The number of hydrogen-bond donors (Lipinski definition) is 0. The molecule has 1 saturated carbocycles. The molecule has 1 amide bonds. The minimum Gasteiger partial charge on any atom is -0.460 e. The van der Waals surface area contributed by atoms with Crippen molar-refractivity contribution in [1.29, 1.82) is 0 Å². The van der Waals surface area contributed by atoms with Gasteiger partial charge < -0.3 is 9.64 Å². The summed E-state index contributed by atoms with van der Waals surface area (Å²) in [6.07, 6.45) is 9.97. The highest BCUT2D eigenvalue weighted by Gasteiger charge is 2.30. The number of likely N-dealkylation sites (tertiary alicyclic amines) is 1. The third kappa shape index (κ3) is 3.52. The number of rotatable bonds is 3. The lowest BCUT2D eigenvalue weighted by Crippen LogP contribution is -2.44. The second-order valence-corrected chi connectivity index (χ2v) is 6.17. The van der Waals surface area contributed by atoms with Crippen molar-refractivity contribution in [3.63, 3.8) is 0 Å². The van der Waals surface area contributed by atoms with E-state index in [9.17, 15) is 4.79 Å². The standard InChI is InChI=1S/C16H23N3O2/c1-12-10-17-16(18-11-12)21-14-6-8-19(9-7-14)15(20)13-4-2-3-5-13/h10-11,13-14H,2-9H2,1H3. The summed E-state index contributed by atoms with van der Waals surface area (Å²) in [6.45, 7) is 3.55. The lowest BCUT2D eigenvalue weighted by Gasteiger charge is -2.33. The van der Waals surface area contributed by atoms with Crippen LogP contribution in [-0.2, 0) is 4.79 Å². The molecule has 0 bridgehead atoms. The Morgan fingerprint density at radius 1 is 1.14 bits per heavy atom. The molecule has 0 spiro atoms. The summed E-state index contributed by atoms with van der Waals surface area (Å²) in [5, 5.41) is 0. The van der Waals surface area contributed by atoms with Gasteiger partial charge in [0.15, 0.2) is 0 Å². The van der Waals surface area contributed by atoms with E-state index in [2.05, 4.69) is 9.97 Å². The van der Waals surface area contributed by atoms with Gasteiger partial charge in [0.25, 0.3) is 0 Å². The van der Waals surface area contributed by atoms with E-state index >= 15 is 0 Å². The van der Waals surface area contributed by atoms with Crippen LogP contribution in [0.2, 0.25) is 0 Å². The van der Waals surface area contributed by atoms with Crippen LogP contribution >= 0.6 is 0 Å². The fourth-order valence-corrected chi connectivity index (χ4v) is 3.22. The molecule has 1 aliphatic heterocycles. The van der Waals surface area contributed by atoms with Gasteiger partial charge in [-0.3, -0.25) is 4.79 Å². The molecule has 2 fully saturated rings. The molecule has 1 aromatic heterocycles. The minimum absolute atomic E-state index is 0.125. The summed E-state index contributed by atoms with van der Waals surface area (Å²) in [7, 11) is 0. The van der Waals surface area contributed by atoms with Gasteiger partial charge in [0.2, 0.25) is 5.91 Å². The van der Waals surface area contributed by atoms with E-state index in [0.29, 0.717) is 11.9 Å². The molecule has 5 nitrogen and oxygen atoms in total. The first kappa shape index (κ1) is 14.3. The minimum atomic E-state index is 0.125. The normalized spacial score (nSPS) is 20.7. The summed E-state index contributed by atoms with van der Waals surface area (Å²) >= 11 is 0. The molecule has 3 rings (SSSR count). The van der Waals surface area contributed by atoms with E-state index in [1.54, 1.807) is 12.4 Å². The second-order valence-electron chi connectivity index (χ2n) is 6.17. The first-order valence-corrected chi connectivity index (χ1v) is 7.96. The van der Waals surface area contributed by atoms with Crippen molar-refractivity contribution in [1.82, 2.24) is 14.9 Å². The number of aryl methyl sites for hydroxylation is 1. The monoisotopic (exact) mass is 289 g/mol. The van der Waals surface area contributed by atoms with E-state index in [1.807, 2.05) is 11.8 Å². The second kappa shape index (κ2) is 6.41. The van der Waals surface area contributed by atoms with Crippen molar-refractivity contribution < 1.29 is 9.53 Å². The lowest BCUT2D eigenvalue weighted by molar-refractivity contribution is -0.137. The predicted octanol–water partition coefficient (Wildman–Crippen LogP) is 2.35. The van der Waals surface area contributed by atoms with Crippen LogP contribution in [0.5, 0.6) is 6.01 Å². The van der Waals surface area contributed by atoms with Crippen LogP contribution < -0.4 is 4.74 Å². The zero-order chi connectivity index (χ0) is 14.7. The number of aromatic nitrogens is 2. The van der Waals surface area contributed by atoms with Crippen LogP contribution in [0.3, 0.4) is 0 Å². The van der Waals surface area contributed by atoms with E-state index in [4.69, 9.17) is 4.74 Å². The fraction of sp³-hybridized carbons (Fsp3) is 0.688. The number of carbonyl (C=O) groups is 1. The van der Waals surface area contributed by atoms with E-state index in [1.165, 1.54) is 12.8 Å². The van der Waals surface area contributed by atoms with Crippen LogP contribution in [0.15, 0.2) is 12.4 Å². The molecule has 1 aliphatic carbocycles. The zero-order valence-corrected chi connectivity index (χ0v) is 12.6. The maximum absolute atomic E-state index is 12.4. The Morgan fingerprint density at radius 3 is 2.38 bits per heavy atom. The number of hydrogen-bond acceptors (Lipinski definition) is 4. The largest absolute Gasteiger partial charge is 0.460 e. The van der Waals surface area contributed by atoms with Crippen LogP contribution in [-0.4, -0.2) is 40.0 Å². The van der Waals surface area contributed by atoms with Crippen molar-refractivity contribution in [2.45, 2.75) is 51.6 Å². The SMILES string of the molecule is Cc1cnc(OC2CCN(C(=O)C3CCCC3)CC2)nc1. The molecule has 0 radical (unpaired) electrons. The van der Waals surface area contributed by atoms with E-state index < -0.39 is 0 Å².